The van der Waals surface area contributed by atoms with Gasteiger partial charge in [0.25, 0.3) is 0 Å². The zero-order valence-electron chi connectivity index (χ0n) is 7.59. The molecule has 4 heteroatoms. The average molecular weight is 180 g/mol. The van der Waals surface area contributed by atoms with E-state index in [1.165, 1.54) is 0 Å². The summed E-state index contributed by atoms with van der Waals surface area (Å²) in [6.07, 6.45) is 0. The van der Waals surface area contributed by atoms with Gasteiger partial charge in [-0.05, 0) is 18.6 Å². The minimum atomic E-state index is -0.976. The maximum Gasteiger partial charge on any atom is 0.337 e. The van der Waals surface area contributed by atoms with Crippen LogP contribution in [0.25, 0.3) is 0 Å². The average Bonchev–Trinajstić information content (AvgIpc) is 2.09. The number of anilines is 2. The quantitative estimate of drug-likeness (QED) is 0.600. The number of hydrogen-bond donors (Lipinski definition) is 3. The molecule has 0 aliphatic carbocycles. The first-order valence-corrected chi connectivity index (χ1v) is 3.88. The third-order valence-electron chi connectivity index (χ3n) is 1.94. The molecule has 0 aliphatic heterocycles. The van der Waals surface area contributed by atoms with E-state index >= 15 is 0 Å². The van der Waals surface area contributed by atoms with E-state index in [0.29, 0.717) is 11.4 Å². The molecule has 0 saturated heterocycles. The lowest BCUT2D eigenvalue weighted by molar-refractivity contribution is 0.0698. The fraction of sp³-hybridized carbons (Fsp3) is 0.222. The standard InChI is InChI=1S/C9H12N2O2/c1-5-3-4-6(9(12)13)8(11-2)7(5)10/h3-4,11H,10H2,1-2H3,(H,12,13). The van der Waals surface area contributed by atoms with Crippen molar-refractivity contribution in [3.05, 3.63) is 23.3 Å². The predicted molar refractivity (Wildman–Crippen MR) is 52.1 cm³/mol. The molecular formula is C9H12N2O2. The Hall–Kier alpha value is -1.71. The highest BCUT2D eigenvalue weighted by atomic mass is 16.4. The fourth-order valence-electron chi connectivity index (χ4n) is 1.17. The van der Waals surface area contributed by atoms with Gasteiger partial charge in [-0.15, -0.1) is 0 Å². The van der Waals surface area contributed by atoms with Crippen LogP contribution in [0.4, 0.5) is 11.4 Å². The molecule has 13 heavy (non-hydrogen) atoms. The number of carboxylic acid groups (broad SMARTS) is 1. The van der Waals surface area contributed by atoms with Gasteiger partial charge in [0.1, 0.15) is 0 Å². The van der Waals surface area contributed by atoms with Gasteiger partial charge in [-0.2, -0.15) is 0 Å². The molecule has 1 rings (SSSR count). The second kappa shape index (κ2) is 3.35. The molecule has 1 aromatic carbocycles. The second-order valence-electron chi connectivity index (χ2n) is 2.77. The number of benzene rings is 1. The third-order valence-corrected chi connectivity index (χ3v) is 1.94. The molecule has 70 valence electrons. The zero-order chi connectivity index (χ0) is 10.0. The van der Waals surface area contributed by atoms with Crippen LogP contribution < -0.4 is 11.1 Å². The number of nitrogen functional groups attached to an aromatic ring is 1. The molecule has 0 radical (unpaired) electrons. The number of nitrogens with one attached hydrogen (secondary N) is 1. The lowest BCUT2D eigenvalue weighted by Gasteiger charge is -2.10. The van der Waals surface area contributed by atoms with Crippen molar-refractivity contribution >= 4 is 17.3 Å². The highest BCUT2D eigenvalue weighted by Gasteiger charge is 2.12. The molecule has 4 nitrogen and oxygen atoms in total. The Balaban J connectivity index is 3.38. The van der Waals surface area contributed by atoms with E-state index in [2.05, 4.69) is 5.32 Å². The second-order valence-corrected chi connectivity index (χ2v) is 2.77. The first-order valence-electron chi connectivity index (χ1n) is 3.88. The fourth-order valence-corrected chi connectivity index (χ4v) is 1.17. The van der Waals surface area contributed by atoms with Crippen molar-refractivity contribution in [2.75, 3.05) is 18.1 Å². The van der Waals surface area contributed by atoms with Crippen LogP contribution in [0.1, 0.15) is 15.9 Å². The van der Waals surface area contributed by atoms with Gasteiger partial charge in [-0.25, -0.2) is 4.79 Å². The number of hydrogen-bond acceptors (Lipinski definition) is 3. The molecule has 0 bridgehead atoms. The molecule has 0 fully saturated rings. The van der Waals surface area contributed by atoms with Crippen LogP contribution in [0.2, 0.25) is 0 Å². The maximum absolute atomic E-state index is 10.7. The highest BCUT2D eigenvalue weighted by Crippen LogP contribution is 2.26. The van der Waals surface area contributed by atoms with Gasteiger partial charge in [-0.3, -0.25) is 0 Å². The van der Waals surface area contributed by atoms with Gasteiger partial charge in [0, 0.05) is 7.05 Å². The number of aryl methyl sites for hydroxylation is 1. The Morgan fingerprint density at radius 1 is 1.54 bits per heavy atom. The number of rotatable bonds is 2. The van der Waals surface area contributed by atoms with Crippen molar-refractivity contribution in [1.82, 2.24) is 0 Å². The van der Waals surface area contributed by atoms with Gasteiger partial charge in [0.15, 0.2) is 0 Å². The first kappa shape index (κ1) is 9.38. The van der Waals surface area contributed by atoms with Crippen LogP contribution in [-0.2, 0) is 0 Å². The van der Waals surface area contributed by atoms with Gasteiger partial charge in [0.05, 0.1) is 16.9 Å². The molecule has 0 saturated carbocycles. The molecule has 0 aromatic heterocycles. The first-order chi connectivity index (χ1) is 6.07. The van der Waals surface area contributed by atoms with E-state index in [1.54, 1.807) is 19.2 Å². The molecule has 1 aromatic rings. The molecule has 0 atom stereocenters. The summed E-state index contributed by atoms with van der Waals surface area (Å²) in [6.45, 7) is 1.84. The number of carboxylic acids is 1. The van der Waals surface area contributed by atoms with Crippen LogP contribution in [-0.4, -0.2) is 18.1 Å². The van der Waals surface area contributed by atoms with Crippen molar-refractivity contribution in [2.45, 2.75) is 6.92 Å². The van der Waals surface area contributed by atoms with Gasteiger partial charge in [0.2, 0.25) is 0 Å². The van der Waals surface area contributed by atoms with Crippen LogP contribution in [0.3, 0.4) is 0 Å². The molecule has 0 aliphatic rings. The molecule has 0 unspecified atom stereocenters. The molecule has 0 heterocycles. The van der Waals surface area contributed by atoms with Crippen LogP contribution in [0.15, 0.2) is 12.1 Å². The Morgan fingerprint density at radius 3 is 2.62 bits per heavy atom. The summed E-state index contributed by atoms with van der Waals surface area (Å²) in [7, 11) is 1.65. The van der Waals surface area contributed by atoms with E-state index < -0.39 is 5.97 Å². The lowest BCUT2D eigenvalue weighted by Crippen LogP contribution is -2.06. The van der Waals surface area contributed by atoms with E-state index in [9.17, 15) is 4.79 Å². The van der Waals surface area contributed by atoms with E-state index in [-0.39, 0.29) is 5.56 Å². The number of aromatic carboxylic acids is 1. The topological polar surface area (TPSA) is 75.3 Å². The van der Waals surface area contributed by atoms with E-state index in [0.717, 1.165) is 5.56 Å². The third kappa shape index (κ3) is 1.56. The Labute approximate surface area is 76.4 Å². The minimum absolute atomic E-state index is 0.200. The van der Waals surface area contributed by atoms with Crippen molar-refractivity contribution < 1.29 is 9.90 Å². The lowest BCUT2D eigenvalue weighted by atomic mass is 10.1. The van der Waals surface area contributed by atoms with Crippen molar-refractivity contribution in [2.24, 2.45) is 0 Å². The highest BCUT2D eigenvalue weighted by molar-refractivity contribution is 5.98. The van der Waals surface area contributed by atoms with E-state index in [4.69, 9.17) is 10.8 Å². The summed E-state index contributed by atoms with van der Waals surface area (Å²) in [5.41, 5.74) is 7.74. The number of nitrogens with two attached hydrogens (primary N) is 1. The normalized spacial score (nSPS) is 9.69. The van der Waals surface area contributed by atoms with E-state index in [1.807, 2.05) is 6.92 Å². The summed E-state index contributed by atoms with van der Waals surface area (Å²) in [5, 5.41) is 11.6. The van der Waals surface area contributed by atoms with Gasteiger partial charge in [-0.1, -0.05) is 6.07 Å². The van der Waals surface area contributed by atoms with Gasteiger partial charge < -0.3 is 16.2 Å². The summed E-state index contributed by atoms with van der Waals surface area (Å²) >= 11 is 0. The van der Waals surface area contributed by atoms with Crippen molar-refractivity contribution in [1.29, 1.82) is 0 Å². The monoisotopic (exact) mass is 180 g/mol. The molecule has 4 N–H and O–H groups in total. The Morgan fingerprint density at radius 2 is 2.15 bits per heavy atom. The predicted octanol–water partition coefficient (Wildman–Crippen LogP) is 1.32. The molecule has 0 amide bonds. The Kier molecular flexibility index (Phi) is 2.41. The van der Waals surface area contributed by atoms with Crippen LogP contribution in [0, 0.1) is 6.92 Å². The smallest absolute Gasteiger partial charge is 0.337 e. The minimum Gasteiger partial charge on any atom is -0.478 e. The number of carbonyl (C=O) groups is 1. The zero-order valence-corrected chi connectivity index (χ0v) is 7.59. The SMILES string of the molecule is CNc1c(C(=O)O)ccc(C)c1N. The van der Waals surface area contributed by atoms with Crippen molar-refractivity contribution in [3.8, 4) is 0 Å². The van der Waals surface area contributed by atoms with Crippen molar-refractivity contribution in [3.63, 3.8) is 0 Å². The summed E-state index contributed by atoms with van der Waals surface area (Å²) < 4.78 is 0. The largest absolute Gasteiger partial charge is 0.478 e. The van der Waals surface area contributed by atoms with Crippen LogP contribution in [0.5, 0.6) is 0 Å². The summed E-state index contributed by atoms with van der Waals surface area (Å²) in [4.78, 5) is 10.7. The molecular weight excluding hydrogens is 168 g/mol. The summed E-state index contributed by atoms with van der Waals surface area (Å²) in [6, 6.07) is 3.24. The van der Waals surface area contributed by atoms with Gasteiger partial charge >= 0.3 is 5.97 Å². The Bertz CT molecular complexity index is 348. The maximum atomic E-state index is 10.7. The summed E-state index contributed by atoms with van der Waals surface area (Å²) in [5.74, 6) is -0.976. The molecule has 0 spiro atoms. The van der Waals surface area contributed by atoms with Crippen LogP contribution >= 0.6 is 0 Å².